The zero-order chi connectivity index (χ0) is 12.7. The van der Waals surface area contributed by atoms with Crippen molar-refractivity contribution >= 4 is 23.6 Å². The number of thioether (sulfide) groups is 1. The molecule has 0 spiro atoms. The van der Waals surface area contributed by atoms with Crippen LogP contribution < -0.4 is 5.32 Å². The van der Waals surface area contributed by atoms with E-state index in [9.17, 15) is 9.59 Å². The number of rotatable bonds is 5. The van der Waals surface area contributed by atoms with E-state index in [1.165, 1.54) is 0 Å². The van der Waals surface area contributed by atoms with Crippen molar-refractivity contribution in [2.24, 2.45) is 0 Å². The standard InChI is InChI=1S/C11H20N2O3S/c1-3-16-11(15)9-8-17-7-6-13(9)10(14)4-5-12-2/h9,12H,3-8H2,1-2H3. The van der Waals surface area contributed by atoms with E-state index in [2.05, 4.69) is 5.32 Å². The van der Waals surface area contributed by atoms with E-state index in [1.807, 2.05) is 7.05 Å². The molecule has 1 aliphatic rings. The first kappa shape index (κ1) is 14.3. The molecule has 1 heterocycles. The third-order valence-electron chi connectivity index (χ3n) is 2.60. The second-order valence-electron chi connectivity index (χ2n) is 3.78. The molecular formula is C11H20N2O3S. The van der Waals surface area contributed by atoms with Gasteiger partial charge in [0, 0.05) is 31.0 Å². The molecule has 1 aliphatic heterocycles. The minimum Gasteiger partial charge on any atom is -0.464 e. The molecule has 1 fully saturated rings. The summed E-state index contributed by atoms with van der Waals surface area (Å²) in [5, 5.41) is 2.94. The van der Waals surface area contributed by atoms with Gasteiger partial charge in [0.2, 0.25) is 5.91 Å². The molecular weight excluding hydrogens is 240 g/mol. The topological polar surface area (TPSA) is 58.6 Å². The van der Waals surface area contributed by atoms with E-state index >= 15 is 0 Å². The molecule has 1 amide bonds. The van der Waals surface area contributed by atoms with Gasteiger partial charge in [-0.15, -0.1) is 0 Å². The summed E-state index contributed by atoms with van der Waals surface area (Å²) in [6.07, 6.45) is 0.428. The largest absolute Gasteiger partial charge is 0.464 e. The number of carbonyl (C=O) groups is 2. The van der Waals surface area contributed by atoms with E-state index in [-0.39, 0.29) is 11.9 Å². The van der Waals surface area contributed by atoms with Crippen molar-refractivity contribution in [2.75, 3.05) is 38.2 Å². The van der Waals surface area contributed by atoms with Gasteiger partial charge in [-0.05, 0) is 14.0 Å². The zero-order valence-corrected chi connectivity index (χ0v) is 11.2. The molecule has 98 valence electrons. The number of hydrogen-bond acceptors (Lipinski definition) is 5. The van der Waals surface area contributed by atoms with Crippen molar-refractivity contribution in [2.45, 2.75) is 19.4 Å². The lowest BCUT2D eigenvalue weighted by Gasteiger charge is -2.33. The molecule has 6 heteroatoms. The van der Waals surface area contributed by atoms with E-state index in [0.29, 0.717) is 31.9 Å². The maximum Gasteiger partial charge on any atom is 0.329 e. The fourth-order valence-electron chi connectivity index (χ4n) is 1.71. The molecule has 0 aliphatic carbocycles. The highest BCUT2D eigenvalue weighted by Gasteiger charge is 2.32. The summed E-state index contributed by atoms with van der Waals surface area (Å²) in [6.45, 7) is 3.41. The summed E-state index contributed by atoms with van der Waals surface area (Å²) in [5.74, 6) is 1.28. The lowest BCUT2D eigenvalue weighted by atomic mass is 10.2. The first-order valence-corrected chi connectivity index (χ1v) is 7.04. The Hall–Kier alpha value is -0.750. The SMILES string of the molecule is CCOC(=O)C1CSCCN1C(=O)CCNC. The number of amides is 1. The second kappa shape index (κ2) is 7.55. The van der Waals surface area contributed by atoms with Crippen molar-refractivity contribution in [1.82, 2.24) is 10.2 Å². The highest BCUT2D eigenvalue weighted by Crippen LogP contribution is 2.18. The van der Waals surface area contributed by atoms with Crippen LogP contribution in [-0.2, 0) is 14.3 Å². The van der Waals surface area contributed by atoms with E-state index in [4.69, 9.17) is 4.74 Å². The molecule has 17 heavy (non-hydrogen) atoms. The van der Waals surface area contributed by atoms with Crippen LogP contribution in [0, 0.1) is 0 Å². The molecule has 0 saturated carbocycles. The van der Waals surface area contributed by atoms with Gasteiger partial charge in [0.1, 0.15) is 6.04 Å². The van der Waals surface area contributed by atoms with Crippen LogP contribution in [0.15, 0.2) is 0 Å². The minimum atomic E-state index is -0.405. The predicted octanol–water partition coefficient (Wildman–Crippen LogP) is 0.103. The Balaban J connectivity index is 2.58. The third-order valence-corrected chi connectivity index (χ3v) is 3.62. The molecule has 1 saturated heterocycles. The number of ether oxygens (including phenoxy) is 1. The number of hydrogen-bond donors (Lipinski definition) is 1. The lowest BCUT2D eigenvalue weighted by molar-refractivity contribution is -0.153. The summed E-state index contributed by atoms with van der Waals surface area (Å²) in [6, 6.07) is -0.405. The zero-order valence-electron chi connectivity index (χ0n) is 10.4. The monoisotopic (exact) mass is 260 g/mol. The molecule has 5 nitrogen and oxygen atoms in total. The average molecular weight is 260 g/mol. The average Bonchev–Trinajstić information content (AvgIpc) is 2.36. The van der Waals surface area contributed by atoms with Crippen molar-refractivity contribution in [3.8, 4) is 0 Å². The minimum absolute atomic E-state index is 0.0257. The molecule has 0 aromatic heterocycles. The van der Waals surface area contributed by atoms with Crippen LogP contribution in [0.5, 0.6) is 0 Å². The van der Waals surface area contributed by atoms with Gasteiger partial charge in [-0.25, -0.2) is 4.79 Å². The fourth-order valence-corrected chi connectivity index (χ4v) is 2.74. The van der Waals surface area contributed by atoms with Crippen molar-refractivity contribution in [3.63, 3.8) is 0 Å². The molecule has 1 rings (SSSR count). The van der Waals surface area contributed by atoms with Crippen LogP contribution in [0.1, 0.15) is 13.3 Å². The number of esters is 1. The summed E-state index contributed by atoms with van der Waals surface area (Å²) >= 11 is 1.69. The molecule has 0 bridgehead atoms. The van der Waals surface area contributed by atoms with Crippen LogP contribution in [0.3, 0.4) is 0 Å². The second-order valence-corrected chi connectivity index (χ2v) is 4.93. The Morgan fingerprint density at radius 2 is 2.29 bits per heavy atom. The van der Waals surface area contributed by atoms with E-state index in [1.54, 1.807) is 23.6 Å². The maximum absolute atomic E-state index is 11.9. The number of nitrogens with zero attached hydrogens (tertiary/aromatic N) is 1. The molecule has 0 aromatic carbocycles. The number of carbonyl (C=O) groups excluding carboxylic acids is 2. The molecule has 0 aromatic rings. The van der Waals surface area contributed by atoms with Gasteiger partial charge in [0.25, 0.3) is 0 Å². The fraction of sp³-hybridized carbons (Fsp3) is 0.818. The Bertz CT molecular complexity index is 273. The van der Waals surface area contributed by atoms with Gasteiger partial charge in [0.15, 0.2) is 0 Å². The van der Waals surface area contributed by atoms with Gasteiger partial charge in [-0.1, -0.05) is 0 Å². The van der Waals surface area contributed by atoms with Gasteiger partial charge in [-0.3, -0.25) is 4.79 Å². The lowest BCUT2D eigenvalue weighted by Crippen LogP contribution is -2.51. The molecule has 0 radical (unpaired) electrons. The summed E-state index contributed by atoms with van der Waals surface area (Å²) < 4.78 is 5.00. The quantitative estimate of drug-likeness (QED) is 0.711. The van der Waals surface area contributed by atoms with Crippen LogP contribution in [0.4, 0.5) is 0 Å². The normalized spacial score (nSPS) is 20.1. The summed E-state index contributed by atoms with van der Waals surface area (Å²) in [7, 11) is 1.81. The van der Waals surface area contributed by atoms with E-state index in [0.717, 1.165) is 5.75 Å². The van der Waals surface area contributed by atoms with E-state index < -0.39 is 6.04 Å². The van der Waals surface area contributed by atoms with Gasteiger partial charge < -0.3 is 15.0 Å². The van der Waals surface area contributed by atoms with Crippen LogP contribution in [0.25, 0.3) is 0 Å². The van der Waals surface area contributed by atoms with Crippen molar-refractivity contribution in [3.05, 3.63) is 0 Å². The molecule has 1 atom stereocenters. The maximum atomic E-state index is 11.9. The molecule has 1 unspecified atom stereocenters. The Labute approximate surface area is 106 Å². The van der Waals surface area contributed by atoms with Crippen LogP contribution >= 0.6 is 11.8 Å². The highest BCUT2D eigenvalue weighted by atomic mass is 32.2. The smallest absolute Gasteiger partial charge is 0.329 e. The Morgan fingerprint density at radius 3 is 2.94 bits per heavy atom. The van der Waals surface area contributed by atoms with Crippen LogP contribution in [-0.4, -0.2) is 61.1 Å². The van der Waals surface area contributed by atoms with Gasteiger partial charge in [-0.2, -0.15) is 11.8 Å². The van der Waals surface area contributed by atoms with Gasteiger partial charge >= 0.3 is 5.97 Å². The third kappa shape index (κ3) is 4.20. The first-order chi connectivity index (χ1) is 8.20. The highest BCUT2D eigenvalue weighted by molar-refractivity contribution is 7.99. The van der Waals surface area contributed by atoms with Gasteiger partial charge in [0.05, 0.1) is 6.61 Å². The first-order valence-electron chi connectivity index (χ1n) is 5.89. The Kier molecular flexibility index (Phi) is 6.36. The van der Waals surface area contributed by atoms with Crippen molar-refractivity contribution < 1.29 is 14.3 Å². The Morgan fingerprint density at radius 1 is 1.53 bits per heavy atom. The summed E-state index contributed by atoms with van der Waals surface area (Å²) in [5.41, 5.74) is 0. The van der Waals surface area contributed by atoms with Crippen LogP contribution in [0.2, 0.25) is 0 Å². The molecule has 1 N–H and O–H groups in total. The summed E-state index contributed by atoms with van der Waals surface area (Å²) in [4.78, 5) is 25.3. The predicted molar refractivity (Wildman–Crippen MR) is 68.0 cm³/mol. The van der Waals surface area contributed by atoms with Crippen molar-refractivity contribution in [1.29, 1.82) is 0 Å². The number of nitrogens with one attached hydrogen (secondary N) is 1.